The summed E-state index contributed by atoms with van der Waals surface area (Å²) in [5, 5.41) is 0. The van der Waals surface area contributed by atoms with Crippen molar-refractivity contribution in [1.82, 2.24) is 4.90 Å². The minimum atomic E-state index is -0.0463. The fourth-order valence-corrected chi connectivity index (χ4v) is 3.63. The van der Waals surface area contributed by atoms with E-state index in [0.29, 0.717) is 6.54 Å². The number of carbonyl (C=O) groups excluding carboxylic acids is 1. The number of hydrogen-bond acceptors (Lipinski definition) is 2. The largest absolute Gasteiger partial charge is 0.330 e. The molecule has 0 saturated heterocycles. The Bertz CT molecular complexity index is 678. The summed E-state index contributed by atoms with van der Waals surface area (Å²) in [5.74, 6) is 0.0791. The molecule has 1 aliphatic rings. The average Bonchev–Trinajstić information content (AvgIpc) is 2.76. The third kappa shape index (κ3) is 3.22. The van der Waals surface area contributed by atoms with Gasteiger partial charge in [0.05, 0.1) is 6.04 Å². The van der Waals surface area contributed by atoms with Gasteiger partial charge in [0.15, 0.2) is 0 Å². The van der Waals surface area contributed by atoms with Crippen molar-refractivity contribution in [1.29, 1.82) is 0 Å². The van der Waals surface area contributed by atoms with E-state index in [9.17, 15) is 4.79 Å². The predicted molar refractivity (Wildman–Crippen MR) is 97.8 cm³/mol. The summed E-state index contributed by atoms with van der Waals surface area (Å²) in [6, 6.07) is 17.0. The van der Waals surface area contributed by atoms with Crippen LogP contribution in [0.4, 0.5) is 0 Å². The summed E-state index contributed by atoms with van der Waals surface area (Å²) in [7, 11) is 0. The SMILES string of the molecule is CCC(N)CN(C(C)=O)C1c2ccccc2CCc2ccccc21. The van der Waals surface area contributed by atoms with Crippen LogP contribution in [0.15, 0.2) is 48.5 Å². The Hall–Kier alpha value is -2.13. The maximum absolute atomic E-state index is 12.5. The van der Waals surface area contributed by atoms with E-state index in [1.807, 2.05) is 4.90 Å². The van der Waals surface area contributed by atoms with Crippen molar-refractivity contribution in [2.75, 3.05) is 6.54 Å². The second-order valence-corrected chi connectivity index (χ2v) is 6.64. The highest BCUT2D eigenvalue weighted by Crippen LogP contribution is 2.36. The van der Waals surface area contributed by atoms with Gasteiger partial charge in [-0.3, -0.25) is 4.79 Å². The second-order valence-electron chi connectivity index (χ2n) is 6.64. The molecule has 0 bridgehead atoms. The first-order chi connectivity index (χ1) is 11.6. The van der Waals surface area contributed by atoms with Crippen molar-refractivity contribution in [2.45, 2.75) is 45.2 Å². The lowest BCUT2D eigenvalue weighted by Gasteiger charge is -2.34. The molecular weight excluding hydrogens is 296 g/mol. The summed E-state index contributed by atoms with van der Waals surface area (Å²) >= 11 is 0. The minimum absolute atomic E-state index is 0.00326. The lowest BCUT2D eigenvalue weighted by atomic mass is 9.92. The third-order valence-corrected chi connectivity index (χ3v) is 5.03. The zero-order valence-electron chi connectivity index (χ0n) is 14.5. The number of nitrogens with zero attached hydrogens (tertiary/aromatic N) is 1. The smallest absolute Gasteiger partial charge is 0.220 e. The number of rotatable bonds is 4. The van der Waals surface area contributed by atoms with E-state index in [-0.39, 0.29) is 18.0 Å². The molecule has 126 valence electrons. The van der Waals surface area contributed by atoms with Crippen molar-refractivity contribution in [3.63, 3.8) is 0 Å². The molecule has 0 fully saturated rings. The van der Waals surface area contributed by atoms with Gasteiger partial charge in [-0.1, -0.05) is 55.5 Å². The first kappa shape index (κ1) is 16.7. The van der Waals surface area contributed by atoms with Crippen molar-refractivity contribution in [3.05, 3.63) is 70.8 Å². The molecule has 3 nitrogen and oxygen atoms in total. The van der Waals surface area contributed by atoms with Crippen LogP contribution in [0, 0.1) is 0 Å². The van der Waals surface area contributed by atoms with E-state index in [4.69, 9.17) is 5.73 Å². The molecule has 3 rings (SSSR count). The minimum Gasteiger partial charge on any atom is -0.330 e. The van der Waals surface area contributed by atoms with E-state index in [1.165, 1.54) is 22.3 Å². The molecule has 1 unspecified atom stereocenters. The van der Waals surface area contributed by atoms with Crippen LogP contribution < -0.4 is 5.73 Å². The standard InChI is InChI=1S/C21H26N2O/c1-3-18(22)14-23(15(2)24)21-19-10-6-4-8-16(19)12-13-17-9-5-7-11-20(17)21/h4-11,18,21H,3,12-14,22H2,1-2H3. The zero-order chi connectivity index (χ0) is 17.1. The van der Waals surface area contributed by atoms with Crippen LogP contribution in [0.3, 0.4) is 0 Å². The molecule has 3 heteroatoms. The van der Waals surface area contributed by atoms with Gasteiger partial charge in [0, 0.05) is 19.5 Å². The highest BCUT2D eigenvalue weighted by atomic mass is 16.2. The van der Waals surface area contributed by atoms with Crippen molar-refractivity contribution >= 4 is 5.91 Å². The average molecular weight is 322 g/mol. The molecule has 0 aromatic heterocycles. The van der Waals surface area contributed by atoms with Gasteiger partial charge < -0.3 is 10.6 Å². The van der Waals surface area contributed by atoms with Gasteiger partial charge in [0.2, 0.25) is 5.91 Å². The van der Waals surface area contributed by atoms with E-state index >= 15 is 0 Å². The molecule has 2 aromatic rings. The summed E-state index contributed by atoms with van der Waals surface area (Å²) in [5.41, 5.74) is 11.3. The number of carbonyl (C=O) groups is 1. The van der Waals surface area contributed by atoms with Gasteiger partial charge in [-0.25, -0.2) is 0 Å². The molecule has 0 radical (unpaired) electrons. The van der Waals surface area contributed by atoms with Crippen LogP contribution in [0.1, 0.15) is 48.6 Å². The van der Waals surface area contributed by atoms with E-state index < -0.39 is 0 Å². The van der Waals surface area contributed by atoms with Crippen molar-refractivity contribution in [3.8, 4) is 0 Å². The molecule has 0 aliphatic heterocycles. The summed E-state index contributed by atoms with van der Waals surface area (Å²) in [4.78, 5) is 14.5. The van der Waals surface area contributed by atoms with Gasteiger partial charge in [-0.15, -0.1) is 0 Å². The first-order valence-electron chi connectivity index (χ1n) is 8.80. The molecular formula is C21H26N2O. The summed E-state index contributed by atoms with van der Waals surface area (Å²) in [6.45, 7) is 4.30. The number of fused-ring (bicyclic) bond motifs is 2. The number of benzene rings is 2. The molecule has 0 saturated carbocycles. The molecule has 24 heavy (non-hydrogen) atoms. The molecule has 2 N–H and O–H groups in total. The molecule has 1 aliphatic carbocycles. The van der Waals surface area contributed by atoms with Crippen LogP contribution >= 0.6 is 0 Å². The van der Waals surface area contributed by atoms with Gasteiger partial charge in [-0.05, 0) is 41.5 Å². The lowest BCUT2D eigenvalue weighted by molar-refractivity contribution is -0.130. The van der Waals surface area contributed by atoms with Crippen LogP contribution in [-0.4, -0.2) is 23.4 Å². The maximum atomic E-state index is 12.5. The van der Waals surface area contributed by atoms with Gasteiger partial charge >= 0.3 is 0 Å². The highest BCUT2D eigenvalue weighted by Gasteiger charge is 2.30. The Morgan fingerprint density at radius 2 is 1.58 bits per heavy atom. The Labute approximate surface area is 144 Å². The number of nitrogens with two attached hydrogens (primary N) is 1. The maximum Gasteiger partial charge on any atom is 0.220 e. The normalized spacial score (nSPS) is 15.1. The first-order valence-corrected chi connectivity index (χ1v) is 8.80. The molecule has 0 heterocycles. The fourth-order valence-electron chi connectivity index (χ4n) is 3.63. The third-order valence-electron chi connectivity index (χ3n) is 5.03. The molecule has 1 amide bonds. The van der Waals surface area contributed by atoms with E-state index in [1.54, 1.807) is 6.92 Å². The van der Waals surface area contributed by atoms with Crippen molar-refractivity contribution in [2.24, 2.45) is 5.73 Å². The van der Waals surface area contributed by atoms with E-state index in [0.717, 1.165) is 19.3 Å². The van der Waals surface area contributed by atoms with Crippen LogP contribution in [0.2, 0.25) is 0 Å². The molecule has 0 spiro atoms. The number of hydrogen-bond donors (Lipinski definition) is 1. The van der Waals surface area contributed by atoms with Gasteiger partial charge in [0.25, 0.3) is 0 Å². The van der Waals surface area contributed by atoms with Crippen molar-refractivity contribution < 1.29 is 4.79 Å². The quantitative estimate of drug-likeness (QED) is 0.937. The molecule has 2 aromatic carbocycles. The number of aryl methyl sites for hydroxylation is 2. The van der Waals surface area contributed by atoms with Crippen LogP contribution in [0.5, 0.6) is 0 Å². The van der Waals surface area contributed by atoms with E-state index in [2.05, 4.69) is 55.5 Å². The Balaban J connectivity index is 2.14. The number of amides is 1. The van der Waals surface area contributed by atoms with Crippen LogP contribution in [-0.2, 0) is 17.6 Å². The second kappa shape index (κ2) is 7.18. The highest BCUT2D eigenvalue weighted by molar-refractivity contribution is 5.75. The Morgan fingerprint density at radius 3 is 2.04 bits per heavy atom. The Morgan fingerprint density at radius 1 is 1.08 bits per heavy atom. The monoisotopic (exact) mass is 322 g/mol. The Kier molecular flexibility index (Phi) is 5.00. The summed E-state index contributed by atoms with van der Waals surface area (Å²) < 4.78 is 0. The fraction of sp³-hybridized carbons (Fsp3) is 0.381. The van der Waals surface area contributed by atoms with Crippen LogP contribution in [0.25, 0.3) is 0 Å². The predicted octanol–water partition coefficient (Wildman–Crippen LogP) is 3.46. The topological polar surface area (TPSA) is 46.3 Å². The molecule has 1 atom stereocenters. The lowest BCUT2D eigenvalue weighted by Crippen LogP contribution is -2.42. The zero-order valence-corrected chi connectivity index (χ0v) is 14.5. The summed E-state index contributed by atoms with van der Waals surface area (Å²) in [6.07, 6.45) is 2.88. The van der Waals surface area contributed by atoms with Gasteiger partial charge in [-0.2, -0.15) is 0 Å². The van der Waals surface area contributed by atoms with Gasteiger partial charge in [0.1, 0.15) is 0 Å².